The number of hydrogen-bond donors (Lipinski definition) is 1. The van der Waals surface area contributed by atoms with E-state index in [1.807, 2.05) is 6.20 Å². The van der Waals surface area contributed by atoms with Gasteiger partial charge in [-0.15, -0.1) is 0 Å². The third-order valence-corrected chi connectivity index (χ3v) is 1.75. The first kappa shape index (κ1) is 8.31. The van der Waals surface area contributed by atoms with Crippen LogP contribution in [0.2, 0.25) is 0 Å². The molecule has 1 aromatic heterocycles. The second kappa shape index (κ2) is 3.56. The number of imidazole rings is 1. The highest BCUT2D eigenvalue weighted by Gasteiger charge is 2.08. The van der Waals surface area contributed by atoms with Crippen LogP contribution in [-0.2, 0) is 13.0 Å². The molecule has 0 aromatic carbocycles. The van der Waals surface area contributed by atoms with Gasteiger partial charge in [0.1, 0.15) is 12.4 Å². The lowest BCUT2D eigenvalue weighted by atomic mass is 10.2. The molecule has 0 fully saturated rings. The van der Waals surface area contributed by atoms with Gasteiger partial charge in [-0.25, -0.2) is 9.55 Å². The summed E-state index contributed by atoms with van der Waals surface area (Å²) in [6.07, 6.45) is 5.19. The van der Waals surface area contributed by atoms with E-state index in [1.54, 1.807) is 0 Å². The molecular weight excluding hydrogens is 136 g/mol. The van der Waals surface area contributed by atoms with Crippen molar-refractivity contribution in [3.8, 4) is 0 Å². The first-order chi connectivity index (χ1) is 5.24. The Kier molecular flexibility index (Phi) is 2.69. The van der Waals surface area contributed by atoms with Gasteiger partial charge in [-0.1, -0.05) is 20.8 Å². The number of hydrogen-bond acceptors (Lipinski definition) is 0. The summed E-state index contributed by atoms with van der Waals surface area (Å²) < 4.78 is 2.28. The fraction of sp³-hybridized carbons (Fsp3) is 0.667. The summed E-state index contributed by atoms with van der Waals surface area (Å²) in [5, 5.41) is 0. The second-order valence-electron chi connectivity index (χ2n) is 3.31. The van der Waals surface area contributed by atoms with Crippen LogP contribution >= 0.6 is 0 Å². The predicted molar refractivity (Wildman–Crippen MR) is 45.2 cm³/mol. The van der Waals surface area contributed by atoms with E-state index < -0.39 is 0 Å². The molecule has 0 amide bonds. The molecule has 0 saturated heterocycles. The van der Waals surface area contributed by atoms with E-state index in [2.05, 4.69) is 36.5 Å². The first-order valence-electron chi connectivity index (χ1n) is 4.29. The maximum absolute atomic E-state index is 3.22. The Bertz CT molecular complexity index is 213. The minimum atomic E-state index is 0.723. The Labute approximate surface area is 68.3 Å². The van der Waals surface area contributed by atoms with Crippen molar-refractivity contribution in [1.82, 2.24) is 4.98 Å². The standard InChI is InChI=1S/C9H16N2/c1-4-9-10-5-6-11(9)7-8(2)3/h5-6,8H,4,7H2,1-3H3/p+1. The van der Waals surface area contributed by atoms with Crippen LogP contribution in [0.15, 0.2) is 12.4 Å². The van der Waals surface area contributed by atoms with Gasteiger partial charge in [-0.3, -0.25) is 0 Å². The number of aromatic nitrogens is 2. The third-order valence-electron chi connectivity index (χ3n) is 1.75. The van der Waals surface area contributed by atoms with Gasteiger partial charge in [-0.05, 0) is 5.92 Å². The molecule has 1 aromatic rings. The predicted octanol–water partition coefficient (Wildman–Crippen LogP) is 1.52. The average Bonchev–Trinajstić information content (AvgIpc) is 2.34. The van der Waals surface area contributed by atoms with Crippen LogP contribution in [0.5, 0.6) is 0 Å². The van der Waals surface area contributed by atoms with Crippen molar-refractivity contribution >= 4 is 0 Å². The molecular formula is C9H17N2+. The molecule has 0 unspecified atom stereocenters. The van der Waals surface area contributed by atoms with Crippen LogP contribution in [-0.4, -0.2) is 4.98 Å². The molecule has 1 N–H and O–H groups in total. The van der Waals surface area contributed by atoms with Crippen molar-refractivity contribution in [3.05, 3.63) is 18.2 Å². The third kappa shape index (κ3) is 2.07. The summed E-state index contributed by atoms with van der Waals surface area (Å²) in [6, 6.07) is 0. The van der Waals surface area contributed by atoms with Gasteiger partial charge >= 0.3 is 0 Å². The highest BCUT2D eigenvalue weighted by Crippen LogP contribution is 1.93. The van der Waals surface area contributed by atoms with Gasteiger partial charge in [0, 0.05) is 6.42 Å². The Morgan fingerprint density at radius 1 is 1.55 bits per heavy atom. The van der Waals surface area contributed by atoms with Crippen molar-refractivity contribution in [1.29, 1.82) is 0 Å². The second-order valence-corrected chi connectivity index (χ2v) is 3.31. The van der Waals surface area contributed by atoms with Crippen molar-refractivity contribution in [3.63, 3.8) is 0 Å². The Morgan fingerprint density at radius 2 is 2.27 bits per heavy atom. The van der Waals surface area contributed by atoms with Crippen LogP contribution < -0.4 is 4.57 Å². The van der Waals surface area contributed by atoms with E-state index in [0.717, 1.165) is 18.9 Å². The fourth-order valence-corrected chi connectivity index (χ4v) is 1.27. The van der Waals surface area contributed by atoms with Gasteiger partial charge < -0.3 is 0 Å². The Morgan fingerprint density at radius 3 is 2.82 bits per heavy atom. The van der Waals surface area contributed by atoms with Gasteiger partial charge in [0.25, 0.3) is 5.82 Å². The zero-order chi connectivity index (χ0) is 8.27. The van der Waals surface area contributed by atoms with E-state index in [1.165, 1.54) is 5.82 Å². The molecule has 2 nitrogen and oxygen atoms in total. The van der Waals surface area contributed by atoms with E-state index >= 15 is 0 Å². The summed E-state index contributed by atoms with van der Waals surface area (Å²) in [7, 11) is 0. The molecule has 1 heterocycles. The van der Waals surface area contributed by atoms with Crippen molar-refractivity contribution in [2.75, 3.05) is 0 Å². The highest BCUT2D eigenvalue weighted by molar-refractivity contribution is 4.75. The topological polar surface area (TPSA) is 19.7 Å². The van der Waals surface area contributed by atoms with Crippen LogP contribution in [0.3, 0.4) is 0 Å². The largest absolute Gasteiger partial charge is 0.253 e. The monoisotopic (exact) mass is 153 g/mol. The number of nitrogens with one attached hydrogen (secondary N) is 1. The molecule has 0 radical (unpaired) electrons. The summed E-state index contributed by atoms with van der Waals surface area (Å²) in [5.41, 5.74) is 0. The van der Waals surface area contributed by atoms with E-state index in [-0.39, 0.29) is 0 Å². The van der Waals surface area contributed by atoms with Gasteiger partial charge in [0.2, 0.25) is 0 Å². The van der Waals surface area contributed by atoms with Crippen molar-refractivity contribution in [2.45, 2.75) is 33.7 Å². The lowest BCUT2D eigenvalue weighted by Gasteiger charge is -2.01. The molecule has 2 heteroatoms. The Balaban J connectivity index is 2.68. The minimum absolute atomic E-state index is 0.723. The molecule has 1 rings (SSSR count). The van der Waals surface area contributed by atoms with Crippen molar-refractivity contribution < 1.29 is 4.57 Å². The van der Waals surface area contributed by atoms with Gasteiger partial charge in [0.15, 0.2) is 0 Å². The number of rotatable bonds is 3. The zero-order valence-electron chi connectivity index (χ0n) is 7.59. The van der Waals surface area contributed by atoms with Crippen LogP contribution in [0.25, 0.3) is 0 Å². The van der Waals surface area contributed by atoms with Gasteiger partial charge in [-0.2, -0.15) is 0 Å². The smallest absolute Gasteiger partial charge is 0.248 e. The van der Waals surface area contributed by atoms with Gasteiger partial charge in [0.05, 0.1) is 6.54 Å². The van der Waals surface area contributed by atoms with E-state index in [0.29, 0.717) is 0 Å². The van der Waals surface area contributed by atoms with Crippen LogP contribution in [0, 0.1) is 5.92 Å². The lowest BCUT2D eigenvalue weighted by molar-refractivity contribution is -0.708. The highest BCUT2D eigenvalue weighted by atomic mass is 15.1. The number of aryl methyl sites for hydroxylation is 1. The number of nitrogens with zero attached hydrogens (tertiary/aromatic N) is 1. The quantitative estimate of drug-likeness (QED) is 0.635. The molecule has 62 valence electrons. The molecule has 0 spiro atoms. The summed E-state index contributed by atoms with van der Waals surface area (Å²) in [6.45, 7) is 7.76. The summed E-state index contributed by atoms with van der Waals surface area (Å²) in [4.78, 5) is 3.22. The maximum atomic E-state index is 3.22. The van der Waals surface area contributed by atoms with Crippen molar-refractivity contribution in [2.24, 2.45) is 5.92 Å². The number of aromatic amines is 1. The minimum Gasteiger partial charge on any atom is -0.248 e. The zero-order valence-corrected chi connectivity index (χ0v) is 7.59. The molecule has 0 bridgehead atoms. The van der Waals surface area contributed by atoms with E-state index in [9.17, 15) is 0 Å². The van der Waals surface area contributed by atoms with Crippen LogP contribution in [0.4, 0.5) is 0 Å². The lowest BCUT2D eigenvalue weighted by Crippen LogP contribution is -2.38. The fourth-order valence-electron chi connectivity index (χ4n) is 1.27. The molecule has 0 saturated carbocycles. The molecule has 11 heavy (non-hydrogen) atoms. The van der Waals surface area contributed by atoms with E-state index in [4.69, 9.17) is 0 Å². The average molecular weight is 153 g/mol. The molecule has 0 aliphatic carbocycles. The molecule has 0 aliphatic heterocycles. The summed E-state index contributed by atoms with van der Waals surface area (Å²) in [5.74, 6) is 2.04. The Hall–Kier alpha value is -0.790. The number of H-pyrrole nitrogens is 1. The normalized spacial score (nSPS) is 10.9. The maximum Gasteiger partial charge on any atom is 0.253 e. The summed E-state index contributed by atoms with van der Waals surface area (Å²) >= 11 is 0. The molecule has 0 aliphatic rings. The SMILES string of the molecule is CCc1[nH]cc[n+]1CC(C)C. The molecule has 0 atom stereocenters. The van der Waals surface area contributed by atoms with Crippen LogP contribution in [0.1, 0.15) is 26.6 Å². The first-order valence-corrected chi connectivity index (χ1v) is 4.29.